The van der Waals surface area contributed by atoms with Crippen molar-refractivity contribution in [3.05, 3.63) is 70.2 Å². The molecule has 33 heavy (non-hydrogen) atoms. The summed E-state index contributed by atoms with van der Waals surface area (Å²) < 4.78 is 0. The number of hydroxylamine groups is 1. The Kier molecular flexibility index (Phi) is 7.37. The number of nitrogens with one attached hydrogen (secondary N) is 1. The van der Waals surface area contributed by atoms with E-state index in [1.54, 1.807) is 29.2 Å². The van der Waals surface area contributed by atoms with Gasteiger partial charge in [0.2, 0.25) is 0 Å². The molecule has 4 rings (SSSR count). The van der Waals surface area contributed by atoms with Gasteiger partial charge >= 0.3 is 0 Å². The number of halogens is 1. The maximum atomic E-state index is 13.8. The molecule has 1 aliphatic heterocycles. The maximum absolute atomic E-state index is 13.8. The third-order valence-electron chi connectivity index (χ3n) is 6.51. The molecule has 4 atom stereocenters. The van der Waals surface area contributed by atoms with Gasteiger partial charge < -0.3 is 10.0 Å². The summed E-state index contributed by atoms with van der Waals surface area (Å²) in [4.78, 5) is 34.6. The minimum atomic E-state index is -0.693. The highest BCUT2D eigenvalue weighted by atomic mass is 35.5. The highest BCUT2D eigenvalue weighted by Gasteiger charge is 2.48. The van der Waals surface area contributed by atoms with E-state index in [9.17, 15) is 14.7 Å². The summed E-state index contributed by atoms with van der Waals surface area (Å²) >= 11 is 6.15. The summed E-state index contributed by atoms with van der Waals surface area (Å²) in [6, 6.07) is 13.5. The fourth-order valence-corrected chi connectivity index (χ4v) is 5.10. The summed E-state index contributed by atoms with van der Waals surface area (Å²) in [6.45, 7) is 4.39. The van der Waals surface area contributed by atoms with Gasteiger partial charge in [-0.2, -0.15) is 0 Å². The van der Waals surface area contributed by atoms with Crippen LogP contribution in [0.25, 0.3) is 0 Å². The molecule has 0 bridgehead atoms. The van der Waals surface area contributed by atoms with Crippen LogP contribution in [0.3, 0.4) is 0 Å². The SMILES string of the molecule is CC(C)CONC(=O)[C@@H]1c2ccccc2C(=O)N([C@H]2CCCC[C@@H]2O)[C@H]1c1ccc(Cl)cc1. The number of hydrogen-bond donors (Lipinski definition) is 2. The van der Waals surface area contributed by atoms with Crippen molar-refractivity contribution in [2.45, 2.75) is 63.6 Å². The van der Waals surface area contributed by atoms with Crippen molar-refractivity contribution in [1.29, 1.82) is 0 Å². The first-order chi connectivity index (χ1) is 15.9. The van der Waals surface area contributed by atoms with Crippen molar-refractivity contribution in [3.8, 4) is 0 Å². The first-order valence-electron chi connectivity index (χ1n) is 11.6. The van der Waals surface area contributed by atoms with E-state index in [0.29, 0.717) is 35.6 Å². The molecule has 2 amide bonds. The van der Waals surface area contributed by atoms with Crippen LogP contribution in [-0.4, -0.2) is 40.6 Å². The van der Waals surface area contributed by atoms with Gasteiger partial charge in [-0.05, 0) is 48.1 Å². The van der Waals surface area contributed by atoms with Crippen molar-refractivity contribution in [1.82, 2.24) is 10.4 Å². The zero-order chi connectivity index (χ0) is 23.5. The number of fused-ring (bicyclic) bond motifs is 1. The number of aliphatic hydroxyl groups is 1. The van der Waals surface area contributed by atoms with Crippen LogP contribution < -0.4 is 5.48 Å². The van der Waals surface area contributed by atoms with Crippen molar-refractivity contribution in [3.63, 3.8) is 0 Å². The molecule has 2 N–H and O–H groups in total. The van der Waals surface area contributed by atoms with E-state index >= 15 is 0 Å². The van der Waals surface area contributed by atoms with Crippen molar-refractivity contribution in [2.75, 3.05) is 6.61 Å². The van der Waals surface area contributed by atoms with Gasteiger partial charge in [-0.15, -0.1) is 0 Å². The predicted molar refractivity (Wildman–Crippen MR) is 127 cm³/mol. The lowest BCUT2D eigenvalue weighted by Crippen LogP contribution is -2.55. The largest absolute Gasteiger partial charge is 0.391 e. The van der Waals surface area contributed by atoms with Crippen LogP contribution in [0, 0.1) is 5.92 Å². The van der Waals surface area contributed by atoms with E-state index in [4.69, 9.17) is 16.4 Å². The van der Waals surface area contributed by atoms with Gasteiger partial charge in [-0.3, -0.25) is 14.4 Å². The average Bonchev–Trinajstić information content (AvgIpc) is 2.80. The minimum Gasteiger partial charge on any atom is -0.391 e. The average molecular weight is 471 g/mol. The van der Waals surface area contributed by atoms with E-state index in [0.717, 1.165) is 18.4 Å². The predicted octanol–water partition coefficient (Wildman–Crippen LogP) is 4.63. The van der Waals surface area contributed by atoms with Crippen molar-refractivity contribution < 1.29 is 19.5 Å². The molecule has 1 aliphatic carbocycles. The molecular weight excluding hydrogens is 440 g/mol. The molecule has 1 fully saturated rings. The van der Waals surface area contributed by atoms with E-state index < -0.39 is 18.1 Å². The van der Waals surface area contributed by atoms with Gasteiger partial charge in [0.1, 0.15) is 0 Å². The van der Waals surface area contributed by atoms with Gasteiger partial charge in [0.25, 0.3) is 11.8 Å². The van der Waals surface area contributed by atoms with Crippen LogP contribution >= 0.6 is 11.6 Å². The number of rotatable bonds is 6. The Bertz CT molecular complexity index is 994. The molecule has 0 radical (unpaired) electrons. The zero-order valence-corrected chi connectivity index (χ0v) is 19.8. The Hall–Kier alpha value is -2.41. The van der Waals surface area contributed by atoms with E-state index in [2.05, 4.69) is 5.48 Å². The Morgan fingerprint density at radius 1 is 1.15 bits per heavy atom. The highest BCUT2D eigenvalue weighted by molar-refractivity contribution is 6.30. The lowest BCUT2D eigenvalue weighted by Gasteiger charge is -2.48. The summed E-state index contributed by atoms with van der Waals surface area (Å²) in [5.41, 5.74) is 4.57. The third kappa shape index (κ3) is 4.93. The quantitative estimate of drug-likeness (QED) is 0.603. The van der Waals surface area contributed by atoms with Crippen molar-refractivity contribution >= 4 is 23.4 Å². The van der Waals surface area contributed by atoms with Crippen LogP contribution in [0.15, 0.2) is 48.5 Å². The van der Waals surface area contributed by atoms with E-state index in [1.165, 1.54) is 0 Å². The second kappa shape index (κ2) is 10.2. The standard InChI is InChI=1S/C26H31ClN2O4/c1-16(2)15-33-28-25(31)23-19-7-3-4-8-20(19)26(32)29(21-9-5-6-10-22(21)30)24(23)17-11-13-18(27)14-12-17/h3-4,7-8,11-14,16,21-24,30H,5-6,9-10,15H2,1-2H3,(H,28,31)/t21-,22-,23+,24-/m0/s1. The molecule has 176 valence electrons. The van der Waals surface area contributed by atoms with Crippen LogP contribution in [0.2, 0.25) is 5.02 Å². The fourth-order valence-electron chi connectivity index (χ4n) is 4.97. The number of aliphatic hydroxyl groups excluding tert-OH is 1. The van der Waals surface area contributed by atoms with Crippen LogP contribution in [0.4, 0.5) is 0 Å². The third-order valence-corrected chi connectivity index (χ3v) is 6.76. The number of hydrogen-bond acceptors (Lipinski definition) is 4. The van der Waals surface area contributed by atoms with Gasteiger partial charge in [-0.25, -0.2) is 5.48 Å². The second-order valence-corrected chi connectivity index (χ2v) is 9.80. The highest BCUT2D eigenvalue weighted by Crippen LogP contribution is 2.46. The molecule has 2 aromatic rings. The van der Waals surface area contributed by atoms with Gasteiger partial charge in [-0.1, -0.05) is 68.6 Å². The molecule has 0 spiro atoms. The monoisotopic (exact) mass is 470 g/mol. The first-order valence-corrected chi connectivity index (χ1v) is 12.0. The molecule has 0 saturated heterocycles. The number of carbonyl (C=O) groups is 2. The Morgan fingerprint density at radius 3 is 2.55 bits per heavy atom. The fraction of sp³-hybridized carbons (Fsp3) is 0.462. The molecule has 2 aromatic carbocycles. The maximum Gasteiger partial charge on any atom is 0.255 e. The number of nitrogens with zero attached hydrogens (tertiary/aromatic N) is 1. The zero-order valence-electron chi connectivity index (χ0n) is 19.0. The number of carbonyl (C=O) groups excluding carboxylic acids is 2. The van der Waals surface area contributed by atoms with Gasteiger partial charge in [0, 0.05) is 10.6 Å². The smallest absolute Gasteiger partial charge is 0.255 e. The Balaban J connectivity index is 1.82. The summed E-state index contributed by atoms with van der Waals surface area (Å²) in [7, 11) is 0. The van der Waals surface area contributed by atoms with Crippen LogP contribution in [-0.2, 0) is 9.63 Å². The lowest BCUT2D eigenvalue weighted by atomic mass is 9.77. The molecular formula is C26H31ClN2O4. The first kappa shape index (κ1) is 23.7. The Morgan fingerprint density at radius 2 is 1.85 bits per heavy atom. The van der Waals surface area contributed by atoms with Crippen LogP contribution in [0.5, 0.6) is 0 Å². The molecule has 1 heterocycles. The van der Waals surface area contributed by atoms with Crippen LogP contribution in [0.1, 0.15) is 73.0 Å². The molecule has 0 unspecified atom stereocenters. The molecule has 2 aliphatic rings. The van der Waals surface area contributed by atoms with E-state index in [1.807, 2.05) is 38.1 Å². The number of benzene rings is 2. The number of amides is 2. The van der Waals surface area contributed by atoms with Gasteiger partial charge in [0.05, 0.1) is 30.7 Å². The minimum absolute atomic E-state index is 0.163. The second-order valence-electron chi connectivity index (χ2n) is 9.36. The Labute approximate surface area is 199 Å². The molecule has 7 heteroatoms. The lowest BCUT2D eigenvalue weighted by molar-refractivity contribution is -0.138. The summed E-state index contributed by atoms with van der Waals surface area (Å²) in [6.07, 6.45) is 2.54. The topological polar surface area (TPSA) is 78.9 Å². The van der Waals surface area contributed by atoms with E-state index in [-0.39, 0.29) is 23.8 Å². The van der Waals surface area contributed by atoms with Crippen molar-refractivity contribution in [2.24, 2.45) is 5.92 Å². The molecule has 0 aromatic heterocycles. The summed E-state index contributed by atoms with van der Waals surface area (Å²) in [5.74, 6) is -0.915. The molecule has 6 nitrogen and oxygen atoms in total. The normalized spacial score (nSPS) is 25.1. The molecule has 1 saturated carbocycles. The van der Waals surface area contributed by atoms with Gasteiger partial charge in [0.15, 0.2) is 0 Å². The summed E-state index contributed by atoms with van der Waals surface area (Å²) in [5, 5.41) is 11.5.